The van der Waals surface area contributed by atoms with Crippen molar-refractivity contribution in [2.24, 2.45) is 0 Å². The van der Waals surface area contributed by atoms with E-state index in [-0.39, 0.29) is 51.4 Å². The number of halogens is 6. The Morgan fingerprint density at radius 3 is 1.93 bits per heavy atom. The molecule has 1 aromatic carbocycles. The smallest absolute Gasteiger partial charge is 0.445 e. The molecule has 0 amide bonds. The van der Waals surface area contributed by atoms with Crippen LogP contribution in [0.2, 0.25) is 10.0 Å². The Morgan fingerprint density at radius 1 is 1.07 bits per heavy atom. The second kappa shape index (κ2) is 5.52. The number of hydrogen-bond donors (Lipinski definition) is 0. The molecule has 0 nitrogen and oxygen atoms in total. The van der Waals surface area contributed by atoms with Gasteiger partial charge in [-0.25, -0.2) is 4.39 Å². The molecule has 0 radical (unpaired) electrons. The van der Waals surface area contributed by atoms with Crippen molar-refractivity contribution in [3.05, 3.63) is 28.0 Å². The van der Waals surface area contributed by atoms with Gasteiger partial charge in [-0.2, -0.15) is 0 Å². The maximum Gasteiger partial charge on any atom is 1.00 e. The first-order valence-corrected chi connectivity index (χ1v) is 3.92. The molecule has 8 heteroatoms. The van der Waals surface area contributed by atoms with E-state index < -0.39 is 28.3 Å². The molecule has 0 aliphatic rings. The zero-order valence-corrected chi connectivity index (χ0v) is 11.6. The van der Waals surface area contributed by atoms with Crippen molar-refractivity contribution < 1.29 is 68.7 Å². The minimum Gasteiger partial charge on any atom is -0.445 e. The van der Waals surface area contributed by atoms with Gasteiger partial charge in [-0.05, 0) is 0 Å². The molecular formula is C6H2BCl2F4K. The van der Waals surface area contributed by atoms with E-state index >= 15 is 0 Å². The van der Waals surface area contributed by atoms with E-state index in [1.165, 1.54) is 0 Å². The molecule has 0 unspecified atom stereocenters. The number of benzene rings is 1. The Morgan fingerprint density at radius 2 is 1.57 bits per heavy atom. The van der Waals surface area contributed by atoms with E-state index in [0.29, 0.717) is 12.1 Å². The van der Waals surface area contributed by atoms with Crippen LogP contribution in [0.4, 0.5) is 17.3 Å². The second-order valence-electron chi connectivity index (χ2n) is 2.37. The topological polar surface area (TPSA) is 0 Å². The van der Waals surface area contributed by atoms with Crippen molar-refractivity contribution in [3.63, 3.8) is 0 Å². The Balaban J connectivity index is 0.00000169. The molecule has 0 aliphatic carbocycles. The van der Waals surface area contributed by atoms with E-state index in [2.05, 4.69) is 0 Å². The second-order valence-corrected chi connectivity index (χ2v) is 3.16. The Kier molecular flexibility index (Phi) is 6.00. The largest absolute Gasteiger partial charge is 1.00 e. The van der Waals surface area contributed by atoms with Gasteiger partial charge in [-0.15, -0.1) is 5.46 Å². The molecule has 0 heterocycles. The standard InChI is InChI=1S/C6H2BCl2F4.K/c8-4-1-3(7(11,12)13)2-5(10)6(4)9;/h1-2H;/q-1;+1. The minimum atomic E-state index is -5.24. The average Bonchev–Trinajstić information content (AvgIpc) is 1.97. The molecular weight excluding hydrogens is 269 g/mol. The molecule has 1 aromatic rings. The van der Waals surface area contributed by atoms with E-state index in [9.17, 15) is 17.3 Å². The van der Waals surface area contributed by atoms with Crippen molar-refractivity contribution in [3.8, 4) is 0 Å². The molecule has 14 heavy (non-hydrogen) atoms. The zero-order chi connectivity index (χ0) is 10.2. The molecule has 0 saturated carbocycles. The van der Waals surface area contributed by atoms with Gasteiger partial charge in [-0.1, -0.05) is 35.3 Å². The summed E-state index contributed by atoms with van der Waals surface area (Å²) < 4.78 is 48.9. The minimum absolute atomic E-state index is 0. The van der Waals surface area contributed by atoms with Crippen molar-refractivity contribution in [1.82, 2.24) is 0 Å². The van der Waals surface area contributed by atoms with Crippen molar-refractivity contribution in [2.45, 2.75) is 0 Å². The van der Waals surface area contributed by atoms with Gasteiger partial charge in [0.15, 0.2) is 0 Å². The van der Waals surface area contributed by atoms with Crippen LogP contribution in [0.25, 0.3) is 0 Å². The molecule has 0 N–H and O–H groups in total. The van der Waals surface area contributed by atoms with Gasteiger partial charge >= 0.3 is 58.4 Å². The van der Waals surface area contributed by atoms with Crippen LogP contribution >= 0.6 is 23.2 Å². The van der Waals surface area contributed by atoms with Gasteiger partial charge in [0, 0.05) is 0 Å². The van der Waals surface area contributed by atoms with Crippen LogP contribution < -0.4 is 56.8 Å². The molecule has 1 rings (SSSR count). The molecule has 0 spiro atoms. The van der Waals surface area contributed by atoms with Crippen molar-refractivity contribution in [2.75, 3.05) is 0 Å². The predicted octanol–water partition coefficient (Wildman–Crippen LogP) is 0.191. The average molecular weight is 271 g/mol. The van der Waals surface area contributed by atoms with Crippen LogP contribution in [0.3, 0.4) is 0 Å². The van der Waals surface area contributed by atoms with Gasteiger partial charge < -0.3 is 12.9 Å². The van der Waals surface area contributed by atoms with Crippen LogP contribution in [0.5, 0.6) is 0 Å². The molecule has 0 bridgehead atoms. The van der Waals surface area contributed by atoms with Crippen LogP contribution in [0, 0.1) is 5.82 Å². The quantitative estimate of drug-likeness (QED) is 0.388. The van der Waals surface area contributed by atoms with E-state index in [1.807, 2.05) is 0 Å². The summed E-state index contributed by atoms with van der Waals surface area (Å²) in [4.78, 5) is 0. The molecule has 0 fully saturated rings. The third-order valence-corrected chi connectivity index (χ3v) is 2.16. The van der Waals surface area contributed by atoms with E-state index in [4.69, 9.17) is 23.2 Å². The predicted molar refractivity (Wildman–Crippen MR) is 45.1 cm³/mol. The van der Waals surface area contributed by atoms with Crippen molar-refractivity contribution >= 4 is 35.6 Å². The van der Waals surface area contributed by atoms with Gasteiger partial charge in [0.25, 0.3) is 0 Å². The van der Waals surface area contributed by atoms with E-state index in [0.717, 1.165) is 0 Å². The summed E-state index contributed by atoms with van der Waals surface area (Å²) >= 11 is 10.5. The van der Waals surface area contributed by atoms with E-state index in [1.54, 1.807) is 0 Å². The van der Waals surface area contributed by atoms with Crippen molar-refractivity contribution in [1.29, 1.82) is 0 Å². The van der Waals surface area contributed by atoms with Gasteiger partial charge in [0.1, 0.15) is 5.82 Å². The summed E-state index contributed by atoms with van der Waals surface area (Å²) in [7, 11) is 0. The molecule has 0 aromatic heterocycles. The van der Waals surface area contributed by atoms with Crippen LogP contribution in [-0.2, 0) is 0 Å². The summed E-state index contributed by atoms with van der Waals surface area (Å²) in [6, 6.07) is 0.932. The fourth-order valence-corrected chi connectivity index (χ4v) is 1.09. The summed E-state index contributed by atoms with van der Waals surface area (Å²) in [6.07, 6.45) is 0. The Labute approximate surface area is 130 Å². The zero-order valence-electron chi connectivity index (χ0n) is 7.00. The SMILES string of the molecule is Fc1cc([B-](F)(F)F)cc(Cl)c1Cl.[K+]. The first-order chi connectivity index (χ1) is 5.82. The number of hydrogen-bond acceptors (Lipinski definition) is 0. The summed E-state index contributed by atoms with van der Waals surface area (Å²) in [5, 5.41) is -0.929. The molecule has 0 saturated heterocycles. The Hall–Kier alpha value is 1.22. The monoisotopic (exact) mass is 270 g/mol. The summed E-state index contributed by atoms with van der Waals surface area (Å²) in [5.41, 5.74) is -1.09. The summed E-state index contributed by atoms with van der Waals surface area (Å²) in [6.45, 7) is -5.24. The van der Waals surface area contributed by atoms with Crippen LogP contribution in [0.1, 0.15) is 0 Å². The first-order valence-electron chi connectivity index (χ1n) is 3.16. The third kappa shape index (κ3) is 3.66. The van der Waals surface area contributed by atoms with Gasteiger partial charge in [0.05, 0.1) is 10.0 Å². The summed E-state index contributed by atoms with van der Waals surface area (Å²) in [5.74, 6) is -1.16. The Bertz CT molecular complexity index is 318. The number of rotatable bonds is 1. The normalized spacial score (nSPS) is 11.0. The van der Waals surface area contributed by atoms with Gasteiger partial charge in [-0.3, -0.25) is 0 Å². The fraction of sp³-hybridized carbons (Fsp3) is 0. The van der Waals surface area contributed by atoms with Crippen LogP contribution in [-0.4, -0.2) is 6.98 Å². The van der Waals surface area contributed by atoms with Gasteiger partial charge in [0.2, 0.25) is 0 Å². The first kappa shape index (κ1) is 15.2. The molecule has 0 aliphatic heterocycles. The molecule has 0 atom stereocenters. The fourth-order valence-electron chi connectivity index (χ4n) is 0.764. The van der Waals surface area contributed by atoms with Crippen LogP contribution in [0.15, 0.2) is 12.1 Å². The maximum absolute atomic E-state index is 12.7. The maximum atomic E-state index is 12.7. The molecule has 72 valence electrons. The third-order valence-electron chi connectivity index (χ3n) is 1.38.